The van der Waals surface area contributed by atoms with E-state index in [4.69, 9.17) is 5.10 Å². The van der Waals surface area contributed by atoms with E-state index in [2.05, 4.69) is 43.4 Å². The Hall–Kier alpha value is -2.53. The number of nitrogens with zero attached hydrogens (tertiary/aromatic N) is 2. The molecule has 0 saturated carbocycles. The number of carbonyl (C=O) groups is 1. The fourth-order valence-electron chi connectivity index (χ4n) is 3.47. The maximum Gasteiger partial charge on any atom is 0.256 e. The van der Waals surface area contributed by atoms with Crippen LogP contribution < -0.4 is 5.32 Å². The van der Waals surface area contributed by atoms with E-state index in [0.29, 0.717) is 5.56 Å². The number of aromatic nitrogens is 2. The number of rotatable bonds is 3. The molecule has 1 aliphatic heterocycles. The number of benzene rings is 2. The molecule has 0 aliphatic carbocycles. The largest absolute Gasteiger partial charge is 0.306 e. The molecule has 2 heterocycles. The lowest BCUT2D eigenvalue weighted by Crippen LogP contribution is -2.16. The van der Waals surface area contributed by atoms with Gasteiger partial charge < -0.3 is 5.32 Å². The van der Waals surface area contributed by atoms with E-state index in [-0.39, 0.29) is 5.91 Å². The lowest BCUT2D eigenvalue weighted by atomic mass is 10.1. The van der Waals surface area contributed by atoms with E-state index in [1.54, 1.807) is 0 Å². The average molecular weight is 378 g/mol. The first-order chi connectivity index (χ1) is 12.9. The van der Waals surface area contributed by atoms with Gasteiger partial charge in [-0.3, -0.25) is 4.79 Å². The summed E-state index contributed by atoms with van der Waals surface area (Å²) in [5.74, 6) is 2.47. The van der Waals surface area contributed by atoms with Crippen LogP contribution in [-0.2, 0) is 11.5 Å². The predicted molar refractivity (Wildman–Crippen MR) is 112 cm³/mol. The summed E-state index contributed by atoms with van der Waals surface area (Å²) in [6.07, 6.45) is 0. The van der Waals surface area contributed by atoms with Crippen LogP contribution in [0.4, 0.5) is 5.82 Å². The van der Waals surface area contributed by atoms with Crippen LogP contribution in [0.25, 0.3) is 5.69 Å². The van der Waals surface area contributed by atoms with E-state index >= 15 is 0 Å². The number of anilines is 1. The van der Waals surface area contributed by atoms with E-state index in [9.17, 15) is 4.79 Å². The molecule has 0 atom stereocenters. The molecule has 0 unspecified atom stereocenters. The fraction of sp³-hybridized carbons (Fsp3) is 0.273. The van der Waals surface area contributed by atoms with Crippen molar-refractivity contribution in [1.29, 1.82) is 0 Å². The maximum absolute atomic E-state index is 13.0. The third-order valence-electron chi connectivity index (χ3n) is 5.00. The molecule has 0 spiro atoms. The van der Waals surface area contributed by atoms with Gasteiger partial charge in [0.25, 0.3) is 5.91 Å². The molecular weight excluding hydrogens is 354 g/mol. The minimum absolute atomic E-state index is 0.0912. The van der Waals surface area contributed by atoms with E-state index < -0.39 is 0 Å². The molecule has 1 N–H and O–H groups in total. The van der Waals surface area contributed by atoms with Crippen molar-refractivity contribution in [2.75, 3.05) is 5.32 Å². The SMILES string of the molecule is Cc1cc(C)cc(C(=O)Nc2c3c(nn2-c2ccc(C)c(C)c2)CSC3)c1. The van der Waals surface area contributed by atoms with Crippen molar-refractivity contribution in [3.05, 3.63) is 75.5 Å². The smallest absolute Gasteiger partial charge is 0.256 e. The van der Waals surface area contributed by atoms with Gasteiger partial charge in [-0.2, -0.15) is 16.9 Å². The highest BCUT2D eigenvalue weighted by atomic mass is 32.2. The Morgan fingerprint density at radius 1 is 1.00 bits per heavy atom. The summed E-state index contributed by atoms with van der Waals surface area (Å²) in [5.41, 5.74) is 8.49. The van der Waals surface area contributed by atoms with Gasteiger partial charge in [-0.15, -0.1) is 0 Å². The summed E-state index contributed by atoms with van der Waals surface area (Å²) in [6.45, 7) is 8.22. The topological polar surface area (TPSA) is 46.9 Å². The zero-order valence-corrected chi connectivity index (χ0v) is 16.9. The second-order valence-corrected chi connectivity index (χ2v) is 8.26. The number of fused-ring (bicyclic) bond motifs is 1. The van der Waals surface area contributed by atoms with Gasteiger partial charge in [0.15, 0.2) is 0 Å². The molecule has 0 saturated heterocycles. The first-order valence-corrected chi connectivity index (χ1v) is 10.2. The van der Waals surface area contributed by atoms with Crippen LogP contribution in [0.2, 0.25) is 0 Å². The molecule has 1 amide bonds. The summed E-state index contributed by atoms with van der Waals surface area (Å²) in [7, 11) is 0. The van der Waals surface area contributed by atoms with Crippen LogP contribution in [0.15, 0.2) is 36.4 Å². The highest BCUT2D eigenvalue weighted by molar-refractivity contribution is 7.98. The van der Waals surface area contributed by atoms with Crippen molar-refractivity contribution in [2.24, 2.45) is 0 Å². The number of amides is 1. The average Bonchev–Trinajstić information content (AvgIpc) is 3.19. The van der Waals surface area contributed by atoms with Gasteiger partial charge in [-0.05, 0) is 63.1 Å². The van der Waals surface area contributed by atoms with Crippen molar-refractivity contribution >= 4 is 23.5 Å². The zero-order chi connectivity index (χ0) is 19.1. The molecule has 1 aromatic heterocycles. The quantitative estimate of drug-likeness (QED) is 0.690. The van der Waals surface area contributed by atoms with Crippen LogP contribution in [0.1, 0.15) is 43.9 Å². The van der Waals surface area contributed by atoms with E-state index in [1.165, 1.54) is 11.1 Å². The second kappa shape index (κ2) is 6.89. The number of hydrogen-bond donors (Lipinski definition) is 1. The summed E-state index contributed by atoms with van der Waals surface area (Å²) in [6, 6.07) is 12.2. The Morgan fingerprint density at radius 3 is 2.44 bits per heavy atom. The van der Waals surface area contributed by atoms with E-state index in [0.717, 1.165) is 45.4 Å². The summed E-state index contributed by atoms with van der Waals surface area (Å²) < 4.78 is 1.89. The third-order valence-corrected chi connectivity index (χ3v) is 5.97. The number of aryl methyl sites for hydroxylation is 4. The predicted octanol–water partition coefficient (Wildman–Crippen LogP) is 5.11. The molecule has 4 rings (SSSR count). The van der Waals surface area contributed by atoms with Gasteiger partial charge >= 0.3 is 0 Å². The molecule has 0 bridgehead atoms. The number of hydrogen-bond acceptors (Lipinski definition) is 3. The highest BCUT2D eigenvalue weighted by Gasteiger charge is 2.25. The third kappa shape index (κ3) is 3.39. The lowest BCUT2D eigenvalue weighted by molar-refractivity contribution is 0.102. The summed E-state index contributed by atoms with van der Waals surface area (Å²) in [5, 5.41) is 7.94. The minimum Gasteiger partial charge on any atom is -0.306 e. The Kier molecular flexibility index (Phi) is 4.56. The van der Waals surface area contributed by atoms with Crippen molar-refractivity contribution in [2.45, 2.75) is 39.2 Å². The Balaban J connectivity index is 1.75. The van der Waals surface area contributed by atoms with Gasteiger partial charge in [-0.25, -0.2) is 4.68 Å². The molecule has 27 heavy (non-hydrogen) atoms. The van der Waals surface area contributed by atoms with Crippen LogP contribution >= 0.6 is 11.8 Å². The number of thioether (sulfide) groups is 1. The minimum atomic E-state index is -0.0912. The van der Waals surface area contributed by atoms with Gasteiger partial charge in [0.2, 0.25) is 0 Å². The lowest BCUT2D eigenvalue weighted by Gasteiger charge is -2.13. The summed E-state index contributed by atoms with van der Waals surface area (Å²) >= 11 is 1.83. The van der Waals surface area contributed by atoms with Crippen LogP contribution in [0.5, 0.6) is 0 Å². The molecule has 5 heteroatoms. The maximum atomic E-state index is 13.0. The molecule has 138 valence electrons. The van der Waals surface area contributed by atoms with Crippen molar-refractivity contribution < 1.29 is 4.79 Å². The van der Waals surface area contributed by atoms with Gasteiger partial charge in [0, 0.05) is 22.6 Å². The van der Waals surface area contributed by atoms with Gasteiger partial charge in [-0.1, -0.05) is 23.3 Å². The normalized spacial score (nSPS) is 12.9. The molecule has 3 aromatic rings. The van der Waals surface area contributed by atoms with Crippen molar-refractivity contribution in [3.63, 3.8) is 0 Å². The molecule has 0 radical (unpaired) electrons. The van der Waals surface area contributed by atoms with Gasteiger partial charge in [0.1, 0.15) is 5.82 Å². The Bertz CT molecular complexity index is 1030. The molecule has 4 nitrogen and oxygen atoms in total. The monoisotopic (exact) mass is 377 g/mol. The second-order valence-electron chi connectivity index (χ2n) is 7.28. The van der Waals surface area contributed by atoms with Crippen LogP contribution in [0, 0.1) is 27.7 Å². The van der Waals surface area contributed by atoms with Crippen LogP contribution in [-0.4, -0.2) is 15.7 Å². The van der Waals surface area contributed by atoms with E-state index in [1.807, 2.05) is 42.4 Å². The zero-order valence-electron chi connectivity index (χ0n) is 16.1. The van der Waals surface area contributed by atoms with Crippen LogP contribution in [0.3, 0.4) is 0 Å². The first kappa shape index (κ1) is 17.9. The molecule has 1 aliphatic rings. The highest BCUT2D eigenvalue weighted by Crippen LogP contribution is 2.36. The van der Waals surface area contributed by atoms with Crippen molar-refractivity contribution in [3.8, 4) is 5.69 Å². The van der Waals surface area contributed by atoms with Gasteiger partial charge in [0.05, 0.1) is 11.4 Å². The first-order valence-electron chi connectivity index (χ1n) is 9.08. The molecule has 2 aromatic carbocycles. The summed E-state index contributed by atoms with van der Waals surface area (Å²) in [4.78, 5) is 13.0. The fourth-order valence-corrected chi connectivity index (χ4v) is 4.51. The molecular formula is C22H23N3OS. The standard InChI is InChI=1S/C22H23N3OS/c1-13-7-14(2)9-17(8-13)22(26)23-21-19-11-27-12-20(19)24-25(21)18-6-5-15(3)16(4)10-18/h5-10H,11-12H2,1-4H3,(H,23,26). The Labute approximate surface area is 164 Å². The Morgan fingerprint density at radius 2 is 1.74 bits per heavy atom. The number of nitrogens with one attached hydrogen (secondary N) is 1. The van der Waals surface area contributed by atoms with Crippen molar-refractivity contribution in [1.82, 2.24) is 9.78 Å². The molecule has 0 fully saturated rings. The number of carbonyl (C=O) groups excluding carboxylic acids is 1.